The van der Waals surface area contributed by atoms with Crippen LogP contribution < -0.4 is 0 Å². The molecule has 1 radical (unpaired) electrons. The molecule has 0 aliphatic carbocycles. The van der Waals surface area contributed by atoms with Gasteiger partial charge >= 0.3 is 37.8 Å². The van der Waals surface area contributed by atoms with Crippen molar-refractivity contribution >= 4 is 12.9 Å². The van der Waals surface area contributed by atoms with Crippen LogP contribution in [0.25, 0.3) is 0 Å². The molecule has 1 heterocycles. The van der Waals surface area contributed by atoms with E-state index in [4.69, 9.17) is 0 Å². The molecule has 0 fully saturated rings. The molecule has 0 amide bonds. The average Bonchev–Trinajstić information content (AvgIpc) is 1.86. The summed E-state index contributed by atoms with van der Waals surface area (Å²) in [6.45, 7) is 4.10. The van der Waals surface area contributed by atoms with Crippen LogP contribution in [0.5, 0.6) is 0 Å². The Morgan fingerprint density at radius 2 is 2.83 bits per heavy atom. The van der Waals surface area contributed by atoms with Crippen molar-refractivity contribution < 1.29 is 0 Å². The topological polar surface area (TPSA) is 0 Å². The standard InChI is InChI=1S/C5H6B/c1-5-2-3-6-4-5/h2H,3H2,1H3. The van der Waals surface area contributed by atoms with E-state index in [0.717, 1.165) is 6.32 Å². The summed E-state index contributed by atoms with van der Waals surface area (Å²) in [5.74, 6) is 3.06. The summed E-state index contributed by atoms with van der Waals surface area (Å²) in [5, 5.41) is 0. The number of hydrogen-bond donors (Lipinski definition) is 0. The molecule has 0 aromatic carbocycles. The molecule has 1 aliphatic heterocycles. The van der Waals surface area contributed by atoms with Gasteiger partial charge in [0, 0.05) is 0 Å². The van der Waals surface area contributed by atoms with Crippen molar-refractivity contribution in [3.8, 4) is 0 Å². The van der Waals surface area contributed by atoms with Gasteiger partial charge in [-0.3, -0.25) is 0 Å². The van der Waals surface area contributed by atoms with Gasteiger partial charge in [0.05, 0.1) is 0 Å². The van der Waals surface area contributed by atoms with Crippen molar-refractivity contribution in [3.63, 3.8) is 0 Å². The third kappa shape index (κ3) is 0.590. The van der Waals surface area contributed by atoms with Gasteiger partial charge < -0.3 is 0 Å². The summed E-state index contributed by atoms with van der Waals surface area (Å²) < 4.78 is 0. The summed E-state index contributed by atoms with van der Waals surface area (Å²) >= 11 is 0. The van der Waals surface area contributed by atoms with Crippen LogP contribution >= 0.6 is 0 Å². The van der Waals surface area contributed by atoms with Crippen molar-refractivity contribution in [2.45, 2.75) is 13.2 Å². The second-order valence-corrected chi connectivity index (χ2v) is 1.47. The van der Waals surface area contributed by atoms with Crippen molar-refractivity contribution in [1.82, 2.24) is 0 Å². The summed E-state index contributed by atoms with van der Waals surface area (Å²) in [5.41, 5.74) is 1.27. The van der Waals surface area contributed by atoms with Crippen LogP contribution in [0.2, 0.25) is 6.32 Å². The molecule has 0 saturated heterocycles. The molecular formula is C5H6B. The summed E-state index contributed by atoms with van der Waals surface area (Å²) in [4.78, 5) is 0. The van der Waals surface area contributed by atoms with E-state index in [1.165, 1.54) is 5.57 Å². The third-order valence-corrected chi connectivity index (χ3v) is 0.872. The SMILES string of the molecule is CC1=CCB=[C]1. The number of rotatable bonds is 0. The van der Waals surface area contributed by atoms with E-state index >= 15 is 0 Å². The van der Waals surface area contributed by atoms with Gasteiger partial charge in [-0.25, -0.2) is 0 Å². The molecule has 0 spiro atoms. The molecule has 0 aromatic rings. The minimum absolute atomic E-state index is 1.09. The Kier molecular flexibility index (Phi) is 0.910. The molecule has 0 unspecified atom stereocenters. The van der Waals surface area contributed by atoms with Gasteiger partial charge in [-0.05, 0) is 0 Å². The molecule has 1 rings (SSSR count). The molecule has 6 heavy (non-hydrogen) atoms. The maximum atomic E-state index is 3.06. The Morgan fingerprint density at radius 1 is 2.00 bits per heavy atom. The van der Waals surface area contributed by atoms with Crippen LogP contribution in [0.4, 0.5) is 0 Å². The van der Waals surface area contributed by atoms with Crippen LogP contribution in [0.1, 0.15) is 6.92 Å². The molecule has 0 atom stereocenters. The van der Waals surface area contributed by atoms with E-state index in [9.17, 15) is 0 Å². The van der Waals surface area contributed by atoms with Crippen molar-refractivity contribution in [3.05, 3.63) is 11.6 Å². The van der Waals surface area contributed by atoms with Gasteiger partial charge in [0.2, 0.25) is 0 Å². The summed E-state index contributed by atoms with van der Waals surface area (Å²) in [6.07, 6.45) is 3.24. The van der Waals surface area contributed by atoms with E-state index in [-0.39, 0.29) is 0 Å². The van der Waals surface area contributed by atoms with E-state index < -0.39 is 0 Å². The first kappa shape index (κ1) is 3.85. The van der Waals surface area contributed by atoms with E-state index in [1.807, 2.05) is 6.92 Å². The van der Waals surface area contributed by atoms with E-state index in [1.54, 1.807) is 0 Å². The van der Waals surface area contributed by atoms with Gasteiger partial charge in [0.25, 0.3) is 0 Å². The molecule has 0 bridgehead atoms. The molecular weight excluding hydrogens is 70.9 g/mol. The van der Waals surface area contributed by atoms with Crippen molar-refractivity contribution in [2.75, 3.05) is 0 Å². The van der Waals surface area contributed by atoms with Crippen LogP contribution in [0.3, 0.4) is 0 Å². The zero-order valence-corrected chi connectivity index (χ0v) is 3.86. The van der Waals surface area contributed by atoms with Crippen LogP contribution in [-0.2, 0) is 0 Å². The maximum absolute atomic E-state index is 3.06. The monoisotopic (exact) mass is 77.1 g/mol. The van der Waals surface area contributed by atoms with Gasteiger partial charge in [0.1, 0.15) is 0 Å². The second kappa shape index (κ2) is 1.42. The minimum atomic E-state index is 1.09. The van der Waals surface area contributed by atoms with E-state index in [0.29, 0.717) is 0 Å². The predicted molar refractivity (Wildman–Crippen MR) is 29.3 cm³/mol. The Hall–Kier alpha value is -0.325. The fraction of sp³-hybridized carbons (Fsp3) is 0.400. The van der Waals surface area contributed by atoms with Gasteiger partial charge in [-0.1, -0.05) is 0 Å². The van der Waals surface area contributed by atoms with Crippen LogP contribution in [0.15, 0.2) is 11.6 Å². The van der Waals surface area contributed by atoms with Crippen LogP contribution in [0, 0.1) is 0 Å². The first-order valence-corrected chi connectivity index (χ1v) is 2.14. The molecule has 0 aromatic heterocycles. The predicted octanol–water partition coefficient (Wildman–Crippen LogP) is 0.748. The quantitative estimate of drug-likeness (QED) is 0.374. The fourth-order valence-corrected chi connectivity index (χ4v) is 0.515. The van der Waals surface area contributed by atoms with Crippen molar-refractivity contribution in [2.24, 2.45) is 0 Å². The normalized spacial score (nSPS) is 17.2. The fourth-order valence-electron chi connectivity index (χ4n) is 0.515. The molecule has 0 saturated carbocycles. The molecule has 0 N–H and O–H groups in total. The first-order valence-electron chi connectivity index (χ1n) is 2.14. The summed E-state index contributed by atoms with van der Waals surface area (Å²) in [7, 11) is 0. The molecule has 1 heteroatoms. The van der Waals surface area contributed by atoms with Gasteiger partial charge in [-0.2, -0.15) is 0 Å². The molecule has 1 aliphatic rings. The second-order valence-electron chi connectivity index (χ2n) is 1.47. The molecule has 29 valence electrons. The summed E-state index contributed by atoms with van der Waals surface area (Å²) in [6, 6.07) is 0. The van der Waals surface area contributed by atoms with Crippen LogP contribution in [-0.4, -0.2) is 12.9 Å². The first-order chi connectivity index (χ1) is 2.89. The Bertz CT molecular complexity index is 97.8. The number of allylic oxidation sites excluding steroid dienone is 2. The Balaban J connectivity index is 2.68. The zero-order valence-electron chi connectivity index (χ0n) is 3.86. The zero-order chi connectivity index (χ0) is 4.41. The Morgan fingerprint density at radius 3 is 3.00 bits per heavy atom. The molecule has 0 nitrogen and oxygen atoms in total. The third-order valence-electron chi connectivity index (χ3n) is 0.872. The average molecular weight is 76.9 g/mol. The van der Waals surface area contributed by atoms with Crippen molar-refractivity contribution in [1.29, 1.82) is 0 Å². The van der Waals surface area contributed by atoms with Gasteiger partial charge in [-0.15, -0.1) is 0 Å². The Labute approximate surface area is 38.8 Å². The van der Waals surface area contributed by atoms with E-state index in [2.05, 4.69) is 19.0 Å². The number of hydrogen-bond acceptors (Lipinski definition) is 0. The van der Waals surface area contributed by atoms with Gasteiger partial charge in [0.15, 0.2) is 0 Å².